The second-order valence-electron chi connectivity index (χ2n) is 4.79. The third-order valence-corrected chi connectivity index (χ3v) is 4.15. The lowest BCUT2D eigenvalue weighted by atomic mass is 10.1. The fourth-order valence-corrected chi connectivity index (χ4v) is 2.74. The zero-order valence-corrected chi connectivity index (χ0v) is 12.1. The monoisotopic (exact) mass is 282 g/mol. The summed E-state index contributed by atoms with van der Waals surface area (Å²) in [4.78, 5) is 16.5. The highest BCUT2D eigenvalue weighted by Gasteiger charge is 2.08. The molecule has 0 aliphatic rings. The zero-order valence-electron chi connectivity index (χ0n) is 11.3. The number of rotatable bonds is 2. The van der Waals surface area contributed by atoms with Crippen LogP contribution in [0.2, 0.25) is 0 Å². The largest absolute Gasteiger partial charge is 0.322 e. The van der Waals surface area contributed by atoms with Crippen molar-refractivity contribution in [2.24, 2.45) is 0 Å². The van der Waals surface area contributed by atoms with Gasteiger partial charge in [0, 0.05) is 11.3 Å². The molecule has 100 valence electrons. The molecule has 0 saturated heterocycles. The van der Waals surface area contributed by atoms with E-state index in [0.29, 0.717) is 5.56 Å². The van der Waals surface area contributed by atoms with Crippen LogP contribution in [0.3, 0.4) is 0 Å². The van der Waals surface area contributed by atoms with Crippen molar-refractivity contribution < 1.29 is 4.79 Å². The first-order valence-corrected chi connectivity index (χ1v) is 7.23. The first kappa shape index (κ1) is 12.8. The molecule has 2 aromatic carbocycles. The molecule has 0 radical (unpaired) electrons. The number of benzene rings is 2. The minimum absolute atomic E-state index is 0.0861. The molecular formula is C16H14N2OS. The van der Waals surface area contributed by atoms with Gasteiger partial charge in [0.2, 0.25) is 0 Å². The molecule has 3 nitrogen and oxygen atoms in total. The molecule has 0 saturated carbocycles. The van der Waals surface area contributed by atoms with Crippen LogP contribution in [-0.4, -0.2) is 10.9 Å². The Morgan fingerprint density at radius 1 is 1.10 bits per heavy atom. The SMILES string of the molecule is Cc1ccc(C(=O)Nc2ccc3ncsc3c2)cc1C. The molecule has 0 aliphatic heterocycles. The number of aromatic nitrogens is 1. The average molecular weight is 282 g/mol. The lowest BCUT2D eigenvalue weighted by Gasteiger charge is -2.07. The van der Waals surface area contributed by atoms with Gasteiger partial charge in [-0.05, 0) is 55.3 Å². The third kappa shape index (κ3) is 2.42. The molecule has 20 heavy (non-hydrogen) atoms. The molecule has 3 rings (SSSR count). The molecule has 0 atom stereocenters. The lowest BCUT2D eigenvalue weighted by molar-refractivity contribution is 0.102. The number of anilines is 1. The van der Waals surface area contributed by atoms with E-state index in [0.717, 1.165) is 21.5 Å². The summed E-state index contributed by atoms with van der Waals surface area (Å²) in [6.07, 6.45) is 0. The summed E-state index contributed by atoms with van der Waals surface area (Å²) in [7, 11) is 0. The van der Waals surface area contributed by atoms with Crippen LogP contribution in [-0.2, 0) is 0 Å². The van der Waals surface area contributed by atoms with E-state index in [2.05, 4.69) is 10.3 Å². The molecule has 0 unspecified atom stereocenters. The van der Waals surface area contributed by atoms with Crippen molar-refractivity contribution in [2.45, 2.75) is 13.8 Å². The van der Waals surface area contributed by atoms with E-state index in [4.69, 9.17) is 0 Å². The Morgan fingerprint density at radius 3 is 2.75 bits per heavy atom. The predicted octanol–water partition coefficient (Wildman–Crippen LogP) is 4.17. The van der Waals surface area contributed by atoms with Crippen LogP contribution in [0, 0.1) is 13.8 Å². The van der Waals surface area contributed by atoms with E-state index < -0.39 is 0 Å². The summed E-state index contributed by atoms with van der Waals surface area (Å²) in [5.41, 5.74) is 6.55. The fraction of sp³-hybridized carbons (Fsp3) is 0.125. The van der Waals surface area contributed by atoms with Gasteiger partial charge in [-0.3, -0.25) is 4.79 Å². The van der Waals surface area contributed by atoms with E-state index in [1.165, 1.54) is 5.56 Å². The summed E-state index contributed by atoms with van der Waals surface area (Å²) >= 11 is 1.57. The quantitative estimate of drug-likeness (QED) is 0.766. The smallest absolute Gasteiger partial charge is 0.255 e. The summed E-state index contributed by atoms with van der Waals surface area (Å²) < 4.78 is 1.07. The van der Waals surface area contributed by atoms with Crippen LogP contribution in [0.1, 0.15) is 21.5 Å². The Balaban J connectivity index is 1.85. The number of hydrogen-bond donors (Lipinski definition) is 1. The molecule has 0 aliphatic carbocycles. The highest BCUT2D eigenvalue weighted by molar-refractivity contribution is 7.16. The molecule has 1 heterocycles. The first-order chi connectivity index (χ1) is 9.63. The van der Waals surface area contributed by atoms with Gasteiger partial charge in [-0.15, -0.1) is 11.3 Å². The van der Waals surface area contributed by atoms with Gasteiger partial charge in [0.1, 0.15) is 0 Å². The third-order valence-electron chi connectivity index (χ3n) is 3.36. The van der Waals surface area contributed by atoms with Gasteiger partial charge < -0.3 is 5.32 Å². The van der Waals surface area contributed by atoms with E-state index in [1.807, 2.05) is 50.2 Å². The van der Waals surface area contributed by atoms with Crippen LogP contribution in [0.25, 0.3) is 10.2 Å². The van der Waals surface area contributed by atoms with Gasteiger partial charge in [0.15, 0.2) is 0 Å². The Morgan fingerprint density at radius 2 is 1.95 bits per heavy atom. The molecule has 4 heteroatoms. The number of carbonyl (C=O) groups is 1. The van der Waals surface area contributed by atoms with Gasteiger partial charge in [0.25, 0.3) is 5.91 Å². The Hall–Kier alpha value is -2.20. The fourth-order valence-electron chi connectivity index (χ4n) is 2.02. The summed E-state index contributed by atoms with van der Waals surface area (Å²) in [6, 6.07) is 11.5. The number of fused-ring (bicyclic) bond motifs is 1. The van der Waals surface area contributed by atoms with Crippen LogP contribution < -0.4 is 5.32 Å². The second-order valence-corrected chi connectivity index (χ2v) is 5.67. The summed E-state index contributed by atoms with van der Waals surface area (Å²) in [5.74, 6) is -0.0861. The molecular weight excluding hydrogens is 268 g/mol. The van der Waals surface area contributed by atoms with Crippen molar-refractivity contribution in [3.63, 3.8) is 0 Å². The number of carbonyl (C=O) groups excluding carboxylic acids is 1. The van der Waals surface area contributed by atoms with Gasteiger partial charge in [-0.2, -0.15) is 0 Å². The van der Waals surface area contributed by atoms with E-state index >= 15 is 0 Å². The van der Waals surface area contributed by atoms with E-state index in [-0.39, 0.29) is 5.91 Å². The predicted molar refractivity (Wildman–Crippen MR) is 83.5 cm³/mol. The van der Waals surface area contributed by atoms with Gasteiger partial charge in [-0.1, -0.05) is 6.07 Å². The second kappa shape index (κ2) is 5.06. The minimum Gasteiger partial charge on any atom is -0.322 e. The Bertz CT molecular complexity index is 792. The molecule has 3 aromatic rings. The maximum Gasteiger partial charge on any atom is 0.255 e. The standard InChI is InChI=1S/C16H14N2OS/c1-10-3-4-12(7-11(10)2)16(19)18-13-5-6-14-15(8-13)20-9-17-14/h3-9H,1-2H3,(H,18,19). The van der Waals surface area contributed by atoms with Crippen LogP contribution in [0.5, 0.6) is 0 Å². The minimum atomic E-state index is -0.0861. The number of hydrogen-bond acceptors (Lipinski definition) is 3. The molecule has 0 fully saturated rings. The molecule has 1 amide bonds. The average Bonchev–Trinajstić information content (AvgIpc) is 2.89. The number of nitrogens with one attached hydrogen (secondary N) is 1. The van der Waals surface area contributed by atoms with Crippen molar-refractivity contribution in [3.05, 3.63) is 58.6 Å². The van der Waals surface area contributed by atoms with E-state index in [1.54, 1.807) is 16.8 Å². The van der Waals surface area contributed by atoms with Crippen molar-refractivity contribution >= 4 is 33.1 Å². The van der Waals surface area contributed by atoms with Crippen molar-refractivity contribution in [2.75, 3.05) is 5.32 Å². The normalized spacial score (nSPS) is 10.7. The molecule has 0 bridgehead atoms. The topological polar surface area (TPSA) is 42.0 Å². The maximum atomic E-state index is 12.2. The van der Waals surface area contributed by atoms with Crippen LogP contribution in [0.4, 0.5) is 5.69 Å². The van der Waals surface area contributed by atoms with Crippen molar-refractivity contribution in [1.29, 1.82) is 0 Å². The number of amides is 1. The number of thiazole rings is 1. The molecule has 1 N–H and O–H groups in total. The van der Waals surface area contributed by atoms with Crippen molar-refractivity contribution in [1.82, 2.24) is 4.98 Å². The summed E-state index contributed by atoms with van der Waals surface area (Å²) in [6.45, 7) is 4.05. The summed E-state index contributed by atoms with van der Waals surface area (Å²) in [5, 5.41) is 2.93. The Kier molecular flexibility index (Phi) is 3.24. The van der Waals surface area contributed by atoms with Gasteiger partial charge >= 0.3 is 0 Å². The highest BCUT2D eigenvalue weighted by atomic mass is 32.1. The first-order valence-electron chi connectivity index (χ1n) is 6.35. The van der Waals surface area contributed by atoms with Crippen LogP contribution in [0.15, 0.2) is 41.9 Å². The zero-order chi connectivity index (χ0) is 14.1. The molecule has 1 aromatic heterocycles. The number of aryl methyl sites for hydroxylation is 2. The lowest BCUT2D eigenvalue weighted by Crippen LogP contribution is -2.12. The number of nitrogens with zero attached hydrogens (tertiary/aromatic N) is 1. The highest BCUT2D eigenvalue weighted by Crippen LogP contribution is 2.22. The van der Waals surface area contributed by atoms with Gasteiger partial charge in [-0.25, -0.2) is 4.98 Å². The molecule has 0 spiro atoms. The van der Waals surface area contributed by atoms with Crippen LogP contribution >= 0.6 is 11.3 Å². The Labute approximate surface area is 121 Å². The van der Waals surface area contributed by atoms with Gasteiger partial charge in [0.05, 0.1) is 15.7 Å². The maximum absolute atomic E-state index is 12.2. The van der Waals surface area contributed by atoms with E-state index in [9.17, 15) is 4.79 Å². The van der Waals surface area contributed by atoms with Crippen molar-refractivity contribution in [3.8, 4) is 0 Å².